The van der Waals surface area contributed by atoms with Crippen LogP contribution >= 0.6 is 0 Å². The fourth-order valence-electron chi connectivity index (χ4n) is 1.27. The first-order valence-corrected chi connectivity index (χ1v) is 6.15. The van der Waals surface area contributed by atoms with Gasteiger partial charge in [0, 0.05) is 0 Å². The van der Waals surface area contributed by atoms with E-state index in [1.54, 1.807) is 0 Å². The van der Waals surface area contributed by atoms with Crippen molar-refractivity contribution in [3.8, 4) is 0 Å². The quantitative estimate of drug-likeness (QED) is 0.328. The summed E-state index contributed by atoms with van der Waals surface area (Å²) in [4.78, 5) is 0. The Morgan fingerprint density at radius 2 is 1.59 bits per heavy atom. The number of hydrogen-bond donors (Lipinski definition) is 0. The van der Waals surface area contributed by atoms with E-state index in [0.717, 1.165) is 32.8 Å². The maximum absolute atomic E-state index is 5.40. The lowest BCUT2D eigenvalue weighted by Crippen LogP contribution is -2.01. The van der Waals surface area contributed by atoms with Crippen LogP contribution in [0.2, 0.25) is 0 Å². The van der Waals surface area contributed by atoms with Crippen molar-refractivity contribution < 1.29 is 18.9 Å². The van der Waals surface area contributed by atoms with Gasteiger partial charge in [0.25, 0.3) is 0 Å². The standard InChI is InChI=1S/C13H20O4/c1(2-4-6-14-8-12-10-16-12)3-5-7-15-9-13-11-17-13/h1-4,12-13H,5-11H2. The summed E-state index contributed by atoms with van der Waals surface area (Å²) in [5, 5.41) is 0. The molecule has 0 aliphatic carbocycles. The van der Waals surface area contributed by atoms with Crippen LogP contribution in [0.3, 0.4) is 0 Å². The molecule has 2 fully saturated rings. The second-order valence-corrected chi connectivity index (χ2v) is 4.17. The molecule has 4 heteroatoms. The van der Waals surface area contributed by atoms with Crippen molar-refractivity contribution in [2.45, 2.75) is 18.6 Å². The summed E-state index contributed by atoms with van der Waals surface area (Å²) in [6.07, 6.45) is 9.77. The van der Waals surface area contributed by atoms with E-state index >= 15 is 0 Å². The summed E-state index contributed by atoms with van der Waals surface area (Å²) >= 11 is 0. The van der Waals surface area contributed by atoms with Crippen LogP contribution in [0.15, 0.2) is 24.3 Å². The third kappa shape index (κ3) is 7.28. The second kappa shape index (κ2) is 7.61. The van der Waals surface area contributed by atoms with Crippen LogP contribution < -0.4 is 0 Å². The zero-order chi connectivity index (χ0) is 11.8. The Bertz CT molecular complexity index is 254. The summed E-state index contributed by atoms with van der Waals surface area (Å²) < 4.78 is 20.8. The molecule has 17 heavy (non-hydrogen) atoms. The molecule has 2 heterocycles. The van der Waals surface area contributed by atoms with Gasteiger partial charge in [-0.3, -0.25) is 0 Å². The topological polar surface area (TPSA) is 43.5 Å². The first-order chi connectivity index (χ1) is 8.45. The molecule has 96 valence electrons. The van der Waals surface area contributed by atoms with Crippen LogP contribution in [0.5, 0.6) is 0 Å². The minimum atomic E-state index is 0.353. The highest BCUT2D eigenvalue weighted by molar-refractivity contribution is 5.02. The maximum Gasteiger partial charge on any atom is 0.104 e. The Labute approximate surface area is 102 Å². The lowest BCUT2D eigenvalue weighted by Gasteiger charge is -1.97. The Hall–Kier alpha value is -0.680. The van der Waals surface area contributed by atoms with Gasteiger partial charge < -0.3 is 18.9 Å². The zero-order valence-electron chi connectivity index (χ0n) is 10.0. The van der Waals surface area contributed by atoms with E-state index in [-0.39, 0.29) is 0 Å². The molecule has 2 unspecified atom stereocenters. The van der Waals surface area contributed by atoms with Gasteiger partial charge in [-0.15, -0.1) is 0 Å². The third-order valence-electron chi connectivity index (χ3n) is 2.44. The number of rotatable bonds is 10. The molecule has 2 aliphatic rings. The molecule has 2 atom stereocenters. The van der Waals surface area contributed by atoms with E-state index in [1.807, 2.05) is 18.2 Å². The number of hydrogen-bond acceptors (Lipinski definition) is 4. The molecule has 0 N–H and O–H groups in total. The van der Waals surface area contributed by atoms with Gasteiger partial charge in [0.1, 0.15) is 12.2 Å². The Balaban J connectivity index is 1.33. The van der Waals surface area contributed by atoms with Crippen molar-refractivity contribution in [1.82, 2.24) is 0 Å². The van der Waals surface area contributed by atoms with Crippen molar-refractivity contribution in [3.05, 3.63) is 24.3 Å². The molecular weight excluding hydrogens is 220 g/mol. The average molecular weight is 240 g/mol. The molecule has 0 aromatic heterocycles. The number of ether oxygens (including phenoxy) is 4. The van der Waals surface area contributed by atoms with Crippen LogP contribution in [-0.2, 0) is 18.9 Å². The zero-order valence-corrected chi connectivity index (χ0v) is 10.0. The highest BCUT2D eigenvalue weighted by atomic mass is 16.6. The molecule has 0 aromatic rings. The SMILES string of the molecule is C(C=CCOCC1CO1)=CCCOCC1CO1. The van der Waals surface area contributed by atoms with E-state index in [1.165, 1.54) is 0 Å². The normalized spacial score (nSPS) is 27.1. The highest BCUT2D eigenvalue weighted by Crippen LogP contribution is 2.08. The lowest BCUT2D eigenvalue weighted by atomic mass is 10.3. The molecule has 0 bridgehead atoms. The van der Waals surface area contributed by atoms with Gasteiger partial charge in [0.05, 0.1) is 39.6 Å². The van der Waals surface area contributed by atoms with Crippen LogP contribution in [-0.4, -0.2) is 51.8 Å². The molecule has 4 nitrogen and oxygen atoms in total. The van der Waals surface area contributed by atoms with Gasteiger partial charge in [-0.25, -0.2) is 0 Å². The van der Waals surface area contributed by atoms with E-state index in [9.17, 15) is 0 Å². The van der Waals surface area contributed by atoms with Crippen LogP contribution in [0.1, 0.15) is 6.42 Å². The predicted octanol–water partition coefficient (Wildman–Crippen LogP) is 1.32. The van der Waals surface area contributed by atoms with Gasteiger partial charge in [0.2, 0.25) is 0 Å². The summed E-state index contributed by atoms with van der Waals surface area (Å²) in [5.41, 5.74) is 0. The monoisotopic (exact) mass is 240 g/mol. The fraction of sp³-hybridized carbons (Fsp3) is 0.692. The molecule has 0 amide bonds. The van der Waals surface area contributed by atoms with E-state index in [2.05, 4.69) is 6.08 Å². The lowest BCUT2D eigenvalue weighted by molar-refractivity contribution is 0.120. The van der Waals surface area contributed by atoms with Gasteiger partial charge in [-0.05, 0) is 6.42 Å². The first kappa shape index (κ1) is 12.8. The van der Waals surface area contributed by atoms with Crippen molar-refractivity contribution in [2.24, 2.45) is 0 Å². The summed E-state index contributed by atoms with van der Waals surface area (Å²) in [7, 11) is 0. The maximum atomic E-state index is 5.40. The minimum absolute atomic E-state index is 0.353. The smallest absolute Gasteiger partial charge is 0.104 e. The molecule has 0 spiro atoms. The summed E-state index contributed by atoms with van der Waals surface area (Å²) in [6.45, 7) is 4.59. The molecule has 0 aromatic carbocycles. The molecule has 0 saturated carbocycles. The fourth-order valence-corrected chi connectivity index (χ4v) is 1.27. The van der Waals surface area contributed by atoms with Gasteiger partial charge >= 0.3 is 0 Å². The van der Waals surface area contributed by atoms with Gasteiger partial charge in [-0.2, -0.15) is 0 Å². The van der Waals surface area contributed by atoms with E-state index in [0.29, 0.717) is 25.4 Å². The largest absolute Gasteiger partial charge is 0.378 e. The average Bonchev–Trinajstić information content (AvgIpc) is 3.19. The highest BCUT2D eigenvalue weighted by Gasteiger charge is 2.22. The predicted molar refractivity (Wildman–Crippen MR) is 64.0 cm³/mol. The molecule has 0 radical (unpaired) electrons. The summed E-state index contributed by atoms with van der Waals surface area (Å²) in [6, 6.07) is 0. The van der Waals surface area contributed by atoms with Crippen molar-refractivity contribution >= 4 is 0 Å². The first-order valence-electron chi connectivity index (χ1n) is 6.15. The third-order valence-corrected chi connectivity index (χ3v) is 2.44. The van der Waals surface area contributed by atoms with Crippen molar-refractivity contribution in [3.63, 3.8) is 0 Å². The van der Waals surface area contributed by atoms with Crippen molar-refractivity contribution in [2.75, 3.05) is 39.6 Å². The van der Waals surface area contributed by atoms with Crippen LogP contribution in [0.25, 0.3) is 0 Å². The Kier molecular flexibility index (Phi) is 5.71. The van der Waals surface area contributed by atoms with Crippen molar-refractivity contribution in [1.29, 1.82) is 0 Å². The molecule has 2 rings (SSSR count). The molecular formula is C13H20O4. The van der Waals surface area contributed by atoms with Gasteiger partial charge in [0.15, 0.2) is 0 Å². The molecule has 2 saturated heterocycles. The number of allylic oxidation sites excluding steroid dienone is 2. The minimum Gasteiger partial charge on any atom is -0.378 e. The van der Waals surface area contributed by atoms with E-state index in [4.69, 9.17) is 18.9 Å². The molecule has 2 aliphatic heterocycles. The van der Waals surface area contributed by atoms with Gasteiger partial charge in [-0.1, -0.05) is 24.3 Å². The second-order valence-electron chi connectivity index (χ2n) is 4.17. The number of epoxide rings is 2. The van der Waals surface area contributed by atoms with Crippen LogP contribution in [0, 0.1) is 0 Å². The van der Waals surface area contributed by atoms with E-state index < -0.39 is 0 Å². The van der Waals surface area contributed by atoms with Crippen LogP contribution in [0.4, 0.5) is 0 Å². The Morgan fingerprint density at radius 1 is 0.941 bits per heavy atom. The Morgan fingerprint density at radius 3 is 2.29 bits per heavy atom. The summed E-state index contributed by atoms with van der Waals surface area (Å²) in [5.74, 6) is 0.